The minimum absolute atomic E-state index is 0.271. The second-order valence-corrected chi connectivity index (χ2v) is 5.64. The Bertz CT molecular complexity index is 422. The molecule has 1 aromatic heterocycles. The van der Waals surface area contributed by atoms with Gasteiger partial charge in [0.2, 0.25) is 5.91 Å². The molecule has 2 heterocycles. The van der Waals surface area contributed by atoms with Crippen LogP contribution in [0.5, 0.6) is 0 Å². The summed E-state index contributed by atoms with van der Waals surface area (Å²) in [5.41, 5.74) is 0. The fraction of sp³-hybridized carbons (Fsp3) is 0.600. The van der Waals surface area contributed by atoms with Gasteiger partial charge in [0, 0.05) is 31.7 Å². The van der Waals surface area contributed by atoms with Crippen molar-refractivity contribution in [3.8, 4) is 0 Å². The number of rotatable bonds is 4. The second kappa shape index (κ2) is 5.59. The highest BCUT2D eigenvalue weighted by atomic mass is 16.2. The van der Waals surface area contributed by atoms with Crippen molar-refractivity contribution in [2.24, 2.45) is 11.8 Å². The van der Waals surface area contributed by atoms with Crippen molar-refractivity contribution in [2.45, 2.75) is 25.7 Å². The minimum atomic E-state index is 0.271. The predicted molar refractivity (Wildman–Crippen MR) is 74.9 cm³/mol. The topological polar surface area (TPSA) is 45.2 Å². The molecule has 2 fully saturated rings. The lowest BCUT2D eigenvalue weighted by atomic mass is 9.96. The first-order valence-electron chi connectivity index (χ1n) is 7.26. The van der Waals surface area contributed by atoms with E-state index in [1.807, 2.05) is 18.3 Å². The van der Waals surface area contributed by atoms with Crippen LogP contribution in [0.2, 0.25) is 0 Å². The van der Waals surface area contributed by atoms with E-state index >= 15 is 0 Å². The number of hydrogen-bond acceptors (Lipinski definition) is 3. The van der Waals surface area contributed by atoms with Gasteiger partial charge >= 0.3 is 0 Å². The molecule has 0 bridgehead atoms. The number of anilines is 1. The van der Waals surface area contributed by atoms with E-state index in [0.717, 1.165) is 51.1 Å². The minimum Gasteiger partial charge on any atom is -0.357 e. The van der Waals surface area contributed by atoms with Crippen molar-refractivity contribution in [3.05, 3.63) is 24.4 Å². The van der Waals surface area contributed by atoms with Gasteiger partial charge in [-0.2, -0.15) is 0 Å². The van der Waals surface area contributed by atoms with Crippen molar-refractivity contribution in [2.75, 3.05) is 24.5 Å². The fourth-order valence-corrected chi connectivity index (χ4v) is 2.64. The highest BCUT2D eigenvalue weighted by molar-refractivity contribution is 5.80. The zero-order chi connectivity index (χ0) is 13.1. The molecule has 0 atom stereocenters. The molecule has 1 aliphatic carbocycles. The Labute approximate surface area is 114 Å². The summed E-state index contributed by atoms with van der Waals surface area (Å²) in [5, 5.41) is 3.10. The maximum Gasteiger partial charge on any atom is 0.223 e. The van der Waals surface area contributed by atoms with Gasteiger partial charge in [0.05, 0.1) is 0 Å². The summed E-state index contributed by atoms with van der Waals surface area (Å²) in [6.45, 7) is 2.94. The van der Waals surface area contributed by atoms with Crippen LogP contribution < -0.4 is 10.2 Å². The van der Waals surface area contributed by atoms with Crippen molar-refractivity contribution < 1.29 is 4.79 Å². The van der Waals surface area contributed by atoms with Gasteiger partial charge in [-0.1, -0.05) is 6.07 Å². The summed E-state index contributed by atoms with van der Waals surface area (Å²) in [6, 6.07) is 6.04. The number of carbonyl (C=O) groups is 1. The Kier molecular flexibility index (Phi) is 3.67. The first kappa shape index (κ1) is 12.5. The molecule has 3 rings (SSSR count). The normalized spacial score (nSPS) is 20.3. The quantitative estimate of drug-likeness (QED) is 0.897. The number of amides is 1. The summed E-state index contributed by atoms with van der Waals surface area (Å²) in [4.78, 5) is 18.3. The molecule has 0 spiro atoms. The Morgan fingerprint density at radius 1 is 1.26 bits per heavy atom. The SMILES string of the molecule is O=C(NCC1CCN(c2ccccn2)CC1)C1CC1. The molecule has 4 nitrogen and oxygen atoms in total. The average molecular weight is 259 g/mol. The van der Waals surface area contributed by atoms with Crippen molar-refractivity contribution >= 4 is 11.7 Å². The molecular formula is C15H21N3O. The number of aromatic nitrogens is 1. The van der Waals surface area contributed by atoms with Crippen molar-refractivity contribution in [1.82, 2.24) is 10.3 Å². The van der Waals surface area contributed by atoms with Gasteiger partial charge < -0.3 is 10.2 Å². The number of nitrogens with one attached hydrogen (secondary N) is 1. The van der Waals surface area contributed by atoms with Gasteiger partial charge in [0.15, 0.2) is 0 Å². The van der Waals surface area contributed by atoms with Crippen molar-refractivity contribution in [1.29, 1.82) is 0 Å². The van der Waals surface area contributed by atoms with E-state index in [0.29, 0.717) is 11.8 Å². The molecule has 1 saturated carbocycles. The van der Waals surface area contributed by atoms with Crippen LogP contribution in [0, 0.1) is 11.8 Å². The molecule has 0 radical (unpaired) electrons. The van der Waals surface area contributed by atoms with Crippen LogP contribution in [-0.2, 0) is 4.79 Å². The Morgan fingerprint density at radius 3 is 2.68 bits per heavy atom. The molecule has 19 heavy (non-hydrogen) atoms. The fourth-order valence-electron chi connectivity index (χ4n) is 2.64. The molecule has 2 aliphatic rings. The lowest BCUT2D eigenvalue weighted by Crippen LogP contribution is -2.39. The highest BCUT2D eigenvalue weighted by Gasteiger charge is 2.30. The average Bonchev–Trinajstić information content (AvgIpc) is 3.31. The molecule has 102 valence electrons. The van der Waals surface area contributed by atoms with Crippen molar-refractivity contribution in [3.63, 3.8) is 0 Å². The van der Waals surface area contributed by atoms with E-state index in [1.54, 1.807) is 0 Å². The molecular weight excluding hydrogens is 238 g/mol. The molecule has 1 saturated heterocycles. The van der Waals surface area contributed by atoms with Crippen LogP contribution in [0.25, 0.3) is 0 Å². The number of carbonyl (C=O) groups excluding carboxylic acids is 1. The van der Waals surface area contributed by atoms with Crippen LogP contribution in [0.4, 0.5) is 5.82 Å². The van der Waals surface area contributed by atoms with E-state index < -0.39 is 0 Å². The lowest BCUT2D eigenvalue weighted by Gasteiger charge is -2.32. The van der Waals surface area contributed by atoms with Gasteiger partial charge in [0.25, 0.3) is 0 Å². The highest BCUT2D eigenvalue weighted by Crippen LogP contribution is 2.29. The van der Waals surface area contributed by atoms with E-state index in [4.69, 9.17) is 0 Å². The number of piperidine rings is 1. The van der Waals surface area contributed by atoms with E-state index in [-0.39, 0.29) is 5.91 Å². The Balaban J connectivity index is 1.43. The standard InChI is InChI=1S/C15H21N3O/c19-15(13-4-5-13)17-11-12-6-9-18(10-7-12)14-3-1-2-8-16-14/h1-3,8,12-13H,4-7,9-11H2,(H,17,19). The van der Waals surface area contributed by atoms with E-state index in [2.05, 4.69) is 21.3 Å². The third-order valence-electron chi connectivity index (χ3n) is 4.10. The molecule has 1 amide bonds. The molecule has 1 aliphatic heterocycles. The second-order valence-electron chi connectivity index (χ2n) is 5.64. The summed E-state index contributed by atoms with van der Waals surface area (Å²) >= 11 is 0. The summed E-state index contributed by atoms with van der Waals surface area (Å²) in [6.07, 6.45) is 6.30. The smallest absolute Gasteiger partial charge is 0.223 e. The molecule has 1 N–H and O–H groups in total. The zero-order valence-electron chi connectivity index (χ0n) is 11.2. The molecule has 0 aromatic carbocycles. The monoisotopic (exact) mass is 259 g/mol. The van der Waals surface area contributed by atoms with Gasteiger partial charge in [-0.05, 0) is 43.7 Å². The van der Waals surface area contributed by atoms with Crippen LogP contribution in [-0.4, -0.2) is 30.5 Å². The maximum atomic E-state index is 11.6. The first-order valence-corrected chi connectivity index (χ1v) is 7.26. The van der Waals surface area contributed by atoms with Gasteiger partial charge in [-0.15, -0.1) is 0 Å². The largest absolute Gasteiger partial charge is 0.357 e. The van der Waals surface area contributed by atoms with Gasteiger partial charge in [-0.3, -0.25) is 4.79 Å². The summed E-state index contributed by atoms with van der Waals surface area (Å²) in [5.74, 6) is 2.30. The summed E-state index contributed by atoms with van der Waals surface area (Å²) < 4.78 is 0. The molecule has 1 aromatic rings. The number of nitrogens with zero attached hydrogens (tertiary/aromatic N) is 2. The number of pyridine rings is 1. The lowest BCUT2D eigenvalue weighted by molar-refractivity contribution is -0.122. The van der Waals surface area contributed by atoms with Crippen LogP contribution in [0.15, 0.2) is 24.4 Å². The molecule has 4 heteroatoms. The number of hydrogen-bond donors (Lipinski definition) is 1. The zero-order valence-corrected chi connectivity index (χ0v) is 11.2. The Hall–Kier alpha value is -1.58. The summed E-state index contributed by atoms with van der Waals surface area (Å²) in [7, 11) is 0. The van der Waals surface area contributed by atoms with Gasteiger partial charge in [0.1, 0.15) is 5.82 Å². The van der Waals surface area contributed by atoms with E-state index in [9.17, 15) is 4.79 Å². The maximum absolute atomic E-state index is 11.6. The Morgan fingerprint density at radius 2 is 2.05 bits per heavy atom. The van der Waals surface area contributed by atoms with Crippen LogP contribution >= 0.6 is 0 Å². The third kappa shape index (κ3) is 3.25. The molecule has 0 unspecified atom stereocenters. The van der Waals surface area contributed by atoms with Crippen LogP contribution in [0.3, 0.4) is 0 Å². The van der Waals surface area contributed by atoms with Gasteiger partial charge in [-0.25, -0.2) is 4.98 Å². The van der Waals surface area contributed by atoms with E-state index in [1.165, 1.54) is 0 Å². The predicted octanol–water partition coefficient (Wildman–Crippen LogP) is 1.82. The van der Waals surface area contributed by atoms with Crippen LogP contribution in [0.1, 0.15) is 25.7 Å². The first-order chi connectivity index (χ1) is 9.33. The third-order valence-corrected chi connectivity index (χ3v) is 4.10.